The number of piperidine rings is 1. The number of esters is 1. The highest BCUT2D eigenvalue weighted by Crippen LogP contribution is 2.43. The highest BCUT2D eigenvalue weighted by molar-refractivity contribution is 9.10. The van der Waals surface area contributed by atoms with E-state index in [1.54, 1.807) is 10.7 Å². The fourth-order valence-corrected chi connectivity index (χ4v) is 6.89. The summed E-state index contributed by atoms with van der Waals surface area (Å²) in [6, 6.07) is 10.6. The van der Waals surface area contributed by atoms with E-state index in [-0.39, 0.29) is 19.1 Å². The average molecular weight is 705 g/mol. The Bertz CT molecular complexity index is 1560. The summed E-state index contributed by atoms with van der Waals surface area (Å²) in [5.41, 5.74) is 2.68. The number of nitrogens with zero attached hydrogens (tertiary/aromatic N) is 4. The molecule has 1 unspecified atom stereocenters. The van der Waals surface area contributed by atoms with E-state index in [0.29, 0.717) is 61.1 Å². The molecule has 3 aromatic rings. The minimum atomic E-state index is -0.674. The van der Waals surface area contributed by atoms with Gasteiger partial charge in [0.2, 0.25) is 11.1 Å². The van der Waals surface area contributed by atoms with Crippen molar-refractivity contribution in [1.29, 1.82) is 0 Å². The fourth-order valence-electron chi connectivity index (χ4n) is 5.20. The maximum absolute atomic E-state index is 13.4. The predicted molar refractivity (Wildman–Crippen MR) is 173 cm³/mol. The van der Waals surface area contributed by atoms with Crippen LogP contribution in [-0.2, 0) is 20.1 Å². The van der Waals surface area contributed by atoms with Gasteiger partial charge in [-0.05, 0) is 77.9 Å². The maximum atomic E-state index is 13.4. The molecule has 1 N–H and O–H groups in total. The number of likely N-dealkylation sites (tertiary alicyclic amines) is 1. The standard InChI is InChI=1S/C31H35BrClN5O5S/c1-4-14-42-29(40)26-19(2)34-30-35-31(44-18-20-10-6-7-11-23(20)33)36-38(30)27(26)21-15-22(32)28(24(16-21)41-3)43-17-25(39)37-12-8-5-9-13-37/h6-7,10-11,15-16,27H,4-5,8-9,12-14,17-18H2,1-3H3,(H,34,35,36). The van der Waals surface area contributed by atoms with Crippen molar-refractivity contribution in [2.45, 2.75) is 56.5 Å². The van der Waals surface area contributed by atoms with E-state index in [0.717, 1.165) is 37.9 Å². The van der Waals surface area contributed by atoms with Crippen LogP contribution in [0.1, 0.15) is 56.7 Å². The molecule has 0 aliphatic carbocycles. The summed E-state index contributed by atoms with van der Waals surface area (Å²) < 4.78 is 19.6. The van der Waals surface area contributed by atoms with Crippen LogP contribution >= 0.6 is 39.3 Å². The van der Waals surface area contributed by atoms with Crippen LogP contribution in [0.25, 0.3) is 0 Å². The molecule has 10 nitrogen and oxygen atoms in total. The van der Waals surface area contributed by atoms with Crippen molar-refractivity contribution in [2.75, 3.05) is 38.7 Å². The number of anilines is 1. The highest BCUT2D eigenvalue weighted by atomic mass is 79.9. The number of fused-ring (bicyclic) bond motifs is 1. The first-order valence-corrected chi connectivity index (χ1v) is 16.7. The van der Waals surface area contributed by atoms with Crippen LogP contribution in [0.2, 0.25) is 5.02 Å². The van der Waals surface area contributed by atoms with E-state index < -0.39 is 12.0 Å². The predicted octanol–water partition coefficient (Wildman–Crippen LogP) is 6.63. The minimum absolute atomic E-state index is 0.0605. The molecule has 1 atom stereocenters. The van der Waals surface area contributed by atoms with Gasteiger partial charge in [-0.15, -0.1) is 5.10 Å². The van der Waals surface area contributed by atoms with Crippen LogP contribution in [0, 0.1) is 0 Å². The van der Waals surface area contributed by atoms with Crippen molar-refractivity contribution in [2.24, 2.45) is 0 Å². The lowest BCUT2D eigenvalue weighted by Gasteiger charge is -2.29. The zero-order chi connectivity index (χ0) is 31.2. The fraction of sp³-hybridized carbons (Fsp3) is 0.419. The van der Waals surface area contributed by atoms with Gasteiger partial charge in [0.1, 0.15) is 6.04 Å². The van der Waals surface area contributed by atoms with Gasteiger partial charge in [-0.2, -0.15) is 4.98 Å². The summed E-state index contributed by atoms with van der Waals surface area (Å²) in [7, 11) is 1.54. The van der Waals surface area contributed by atoms with Gasteiger partial charge in [-0.25, -0.2) is 9.48 Å². The van der Waals surface area contributed by atoms with Gasteiger partial charge in [0, 0.05) is 29.6 Å². The van der Waals surface area contributed by atoms with E-state index in [2.05, 4.69) is 21.2 Å². The monoisotopic (exact) mass is 703 g/mol. The third kappa shape index (κ3) is 7.18. The zero-order valence-electron chi connectivity index (χ0n) is 24.9. The molecule has 2 aromatic carbocycles. The van der Waals surface area contributed by atoms with Crippen LogP contribution in [0.15, 0.2) is 57.3 Å². The Morgan fingerprint density at radius 1 is 1.18 bits per heavy atom. The van der Waals surface area contributed by atoms with E-state index in [1.807, 2.05) is 49.1 Å². The Kier molecular flexibility index (Phi) is 10.8. The first-order chi connectivity index (χ1) is 21.3. The molecule has 5 rings (SSSR count). The molecule has 0 spiro atoms. The lowest BCUT2D eigenvalue weighted by molar-refractivity contribution is -0.139. The van der Waals surface area contributed by atoms with E-state index in [9.17, 15) is 9.59 Å². The number of methoxy groups -OCH3 is 1. The van der Waals surface area contributed by atoms with Crippen LogP contribution in [0.4, 0.5) is 5.95 Å². The minimum Gasteiger partial charge on any atom is -0.493 e. The second-order valence-corrected chi connectivity index (χ2v) is 12.7. The van der Waals surface area contributed by atoms with Crippen molar-refractivity contribution >= 4 is 57.1 Å². The number of allylic oxidation sites excluding steroid dienone is 1. The van der Waals surface area contributed by atoms with Gasteiger partial charge in [0.05, 0.1) is 23.8 Å². The molecule has 2 aliphatic rings. The molecule has 1 fully saturated rings. The molecule has 1 aromatic heterocycles. The number of hydrogen-bond acceptors (Lipinski definition) is 9. The van der Waals surface area contributed by atoms with Crippen molar-refractivity contribution in [3.05, 3.63) is 68.3 Å². The SMILES string of the molecule is CCCOC(=O)C1=C(C)Nc2nc(SCc3ccccc3Cl)nn2C1c1cc(Br)c(OCC(=O)N2CCCCC2)c(OC)c1. The van der Waals surface area contributed by atoms with Gasteiger partial charge < -0.3 is 24.4 Å². The molecule has 2 aliphatic heterocycles. The van der Waals surface area contributed by atoms with Crippen molar-refractivity contribution in [1.82, 2.24) is 19.7 Å². The number of ether oxygens (including phenoxy) is 3. The number of rotatable bonds is 11. The first-order valence-electron chi connectivity index (χ1n) is 14.6. The number of aromatic nitrogens is 3. The number of carbonyl (C=O) groups is 2. The molecule has 234 valence electrons. The molecule has 1 amide bonds. The summed E-state index contributed by atoms with van der Waals surface area (Å²) in [4.78, 5) is 32.8. The largest absolute Gasteiger partial charge is 0.493 e. The molecule has 1 saturated heterocycles. The topological polar surface area (TPSA) is 108 Å². The van der Waals surface area contributed by atoms with Crippen molar-refractivity contribution in [3.8, 4) is 11.5 Å². The summed E-state index contributed by atoms with van der Waals surface area (Å²) in [6.07, 6.45) is 3.84. The number of nitrogens with one attached hydrogen (secondary N) is 1. The molecule has 13 heteroatoms. The quantitative estimate of drug-likeness (QED) is 0.174. The Labute approximate surface area is 274 Å². The maximum Gasteiger partial charge on any atom is 0.338 e. The third-order valence-corrected chi connectivity index (χ3v) is 9.27. The van der Waals surface area contributed by atoms with E-state index in [1.165, 1.54) is 18.9 Å². The Morgan fingerprint density at radius 3 is 2.68 bits per heavy atom. The lowest BCUT2D eigenvalue weighted by Crippen LogP contribution is -2.38. The van der Waals surface area contributed by atoms with Gasteiger partial charge in [-0.3, -0.25) is 4.79 Å². The van der Waals surface area contributed by atoms with Crippen molar-refractivity contribution < 1.29 is 23.8 Å². The van der Waals surface area contributed by atoms with Gasteiger partial charge in [0.25, 0.3) is 5.91 Å². The molecule has 44 heavy (non-hydrogen) atoms. The number of carbonyl (C=O) groups excluding carboxylic acids is 2. The number of amides is 1. The number of hydrogen-bond donors (Lipinski definition) is 1. The third-order valence-electron chi connectivity index (χ3n) is 7.42. The first kappa shape index (κ1) is 32.2. The lowest BCUT2D eigenvalue weighted by atomic mass is 9.95. The molecule has 0 radical (unpaired) electrons. The van der Waals surface area contributed by atoms with E-state index >= 15 is 0 Å². The summed E-state index contributed by atoms with van der Waals surface area (Å²) in [6.45, 7) is 5.44. The molecular weight excluding hydrogens is 670 g/mol. The van der Waals surface area contributed by atoms with E-state index in [4.69, 9.17) is 35.9 Å². The second kappa shape index (κ2) is 14.7. The Balaban J connectivity index is 1.47. The average Bonchev–Trinajstić information content (AvgIpc) is 3.44. The van der Waals surface area contributed by atoms with Crippen molar-refractivity contribution in [3.63, 3.8) is 0 Å². The highest BCUT2D eigenvalue weighted by Gasteiger charge is 2.36. The summed E-state index contributed by atoms with van der Waals surface area (Å²) in [5, 5.41) is 9.24. The van der Waals surface area contributed by atoms with Gasteiger partial charge in [0.15, 0.2) is 18.1 Å². The van der Waals surface area contributed by atoms with Crippen LogP contribution in [0.5, 0.6) is 11.5 Å². The number of benzene rings is 2. The molecule has 0 saturated carbocycles. The van der Waals surface area contributed by atoms with Crippen LogP contribution in [0.3, 0.4) is 0 Å². The molecule has 3 heterocycles. The molecule has 0 bridgehead atoms. The second-order valence-electron chi connectivity index (χ2n) is 10.5. The number of halogens is 2. The molecular formula is C31H35BrClN5O5S. The van der Waals surface area contributed by atoms with Gasteiger partial charge in [-0.1, -0.05) is 48.5 Å². The number of thioether (sulfide) groups is 1. The van der Waals surface area contributed by atoms with Gasteiger partial charge >= 0.3 is 5.97 Å². The Morgan fingerprint density at radius 2 is 1.95 bits per heavy atom. The van der Waals surface area contributed by atoms with Crippen LogP contribution in [-0.4, -0.2) is 65.0 Å². The summed E-state index contributed by atoms with van der Waals surface area (Å²) >= 11 is 11.4. The smallest absolute Gasteiger partial charge is 0.338 e. The Hall–Kier alpha value is -3.22. The summed E-state index contributed by atoms with van der Waals surface area (Å²) in [5.74, 6) is 1.37. The zero-order valence-corrected chi connectivity index (χ0v) is 28.1. The normalized spacial score (nSPS) is 16.3. The van der Waals surface area contributed by atoms with Crippen LogP contribution < -0.4 is 14.8 Å².